The Hall–Kier alpha value is 0.0300. The first-order chi connectivity index (χ1) is 8.24. The molecule has 0 unspecified atom stereocenters. The van der Waals surface area contributed by atoms with Crippen molar-refractivity contribution in [2.24, 2.45) is 0 Å². The molecule has 0 fully saturated rings. The maximum absolute atomic E-state index is 5.40. The van der Waals surface area contributed by atoms with Crippen LogP contribution >= 0.6 is 31.9 Å². The van der Waals surface area contributed by atoms with Crippen LogP contribution in [0.1, 0.15) is 25.5 Å². The summed E-state index contributed by atoms with van der Waals surface area (Å²) in [6.07, 6.45) is 3.93. The van der Waals surface area contributed by atoms with E-state index in [9.17, 15) is 0 Å². The van der Waals surface area contributed by atoms with Crippen LogP contribution in [0.2, 0.25) is 0 Å². The van der Waals surface area contributed by atoms with Crippen molar-refractivity contribution in [1.82, 2.24) is 10.3 Å². The van der Waals surface area contributed by atoms with Crippen LogP contribution in [-0.4, -0.2) is 24.7 Å². The lowest BCUT2D eigenvalue weighted by atomic mass is 10.3. The molecular weight excluding hydrogens is 348 g/mol. The van der Waals surface area contributed by atoms with Gasteiger partial charge in [-0.25, -0.2) is 0 Å². The van der Waals surface area contributed by atoms with Crippen molar-refractivity contribution in [3.8, 4) is 0 Å². The number of hydrogen-bond donors (Lipinski definition) is 1. The van der Waals surface area contributed by atoms with Crippen molar-refractivity contribution in [3.63, 3.8) is 0 Å². The van der Waals surface area contributed by atoms with Gasteiger partial charge in [0, 0.05) is 34.9 Å². The van der Waals surface area contributed by atoms with Gasteiger partial charge in [0.15, 0.2) is 0 Å². The Labute approximate surface area is 120 Å². The first kappa shape index (κ1) is 15.1. The molecule has 0 saturated carbocycles. The molecule has 0 atom stereocenters. The third kappa shape index (κ3) is 6.50. The summed E-state index contributed by atoms with van der Waals surface area (Å²) in [6.45, 7) is 5.54. The Bertz CT molecular complexity index is 334. The predicted octanol–water partition coefficient (Wildman–Crippen LogP) is 3.51. The molecule has 0 aliphatic carbocycles. The van der Waals surface area contributed by atoms with Crippen molar-refractivity contribution >= 4 is 31.9 Å². The predicted molar refractivity (Wildman–Crippen MR) is 77.1 cm³/mol. The van der Waals surface area contributed by atoms with Gasteiger partial charge in [0.2, 0.25) is 0 Å². The summed E-state index contributed by atoms with van der Waals surface area (Å²) in [5.74, 6) is 0. The third-order valence-corrected chi connectivity index (χ3v) is 3.29. The lowest BCUT2D eigenvalue weighted by Crippen LogP contribution is -2.17. The summed E-state index contributed by atoms with van der Waals surface area (Å²) in [7, 11) is 0. The molecular formula is C12H18Br2N2O. The minimum absolute atomic E-state index is 0.779. The maximum Gasteiger partial charge on any atom is 0.0684 e. The third-order valence-electron chi connectivity index (χ3n) is 2.17. The normalized spacial score (nSPS) is 10.8. The molecule has 0 aliphatic rings. The van der Waals surface area contributed by atoms with E-state index in [1.807, 2.05) is 12.3 Å². The van der Waals surface area contributed by atoms with E-state index in [1.54, 1.807) is 0 Å². The van der Waals surface area contributed by atoms with Gasteiger partial charge in [0.1, 0.15) is 0 Å². The number of aromatic nitrogens is 1. The summed E-state index contributed by atoms with van der Waals surface area (Å²) in [5, 5.41) is 3.35. The molecule has 0 amide bonds. The average molecular weight is 366 g/mol. The van der Waals surface area contributed by atoms with Crippen LogP contribution in [-0.2, 0) is 11.3 Å². The number of nitrogens with one attached hydrogen (secondary N) is 1. The average Bonchev–Trinajstić information content (AvgIpc) is 2.30. The molecule has 1 aromatic rings. The molecule has 1 aromatic heterocycles. The number of nitrogens with zero attached hydrogens (tertiary/aromatic N) is 1. The molecule has 1 N–H and O–H groups in total. The summed E-state index contributed by atoms with van der Waals surface area (Å²) in [6, 6.07) is 2.01. The van der Waals surface area contributed by atoms with Gasteiger partial charge >= 0.3 is 0 Å². The second-order valence-corrected chi connectivity index (χ2v) is 5.49. The monoisotopic (exact) mass is 364 g/mol. The molecule has 0 radical (unpaired) electrons. The molecule has 5 heteroatoms. The molecule has 0 saturated heterocycles. The van der Waals surface area contributed by atoms with Crippen molar-refractivity contribution in [2.75, 3.05) is 19.8 Å². The Morgan fingerprint density at radius 2 is 2.18 bits per heavy atom. The fourth-order valence-electron chi connectivity index (χ4n) is 1.33. The molecule has 3 nitrogen and oxygen atoms in total. The van der Waals surface area contributed by atoms with Gasteiger partial charge < -0.3 is 10.1 Å². The lowest BCUT2D eigenvalue weighted by Gasteiger charge is -2.06. The second-order valence-electron chi connectivity index (χ2n) is 3.72. The van der Waals surface area contributed by atoms with Gasteiger partial charge in [0.25, 0.3) is 0 Å². The van der Waals surface area contributed by atoms with Crippen molar-refractivity contribution in [2.45, 2.75) is 26.3 Å². The topological polar surface area (TPSA) is 34.1 Å². The highest BCUT2D eigenvalue weighted by Gasteiger charge is 2.01. The zero-order valence-electron chi connectivity index (χ0n) is 10.0. The molecule has 17 heavy (non-hydrogen) atoms. The van der Waals surface area contributed by atoms with E-state index in [4.69, 9.17) is 4.74 Å². The summed E-state index contributed by atoms with van der Waals surface area (Å²) < 4.78 is 7.42. The zero-order chi connectivity index (χ0) is 12.5. The summed E-state index contributed by atoms with van der Waals surface area (Å²) in [5.41, 5.74) is 1.03. The smallest absolute Gasteiger partial charge is 0.0684 e. The molecule has 96 valence electrons. The quantitative estimate of drug-likeness (QED) is 0.715. The number of pyridine rings is 1. The van der Waals surface area contributed by atoms with Crippen LogP contribution < -0.4 is 5.32 Å². The van der Waals surface area contributed by atoms with Crippen LogP contribution in [0.5, 0.6) is 0 Å². The number of rotatable bonds is 8. The molecule has 1 heterocycles. The van der Waals surface area contributed by atoms with Gasteiger partial charge in [-0.05, 0) is 57.3 Å². The van der Waals surface area contributed by atoms with Crippen LogP contribution in [0, 0.1) is 0 Å². The van der Waals surface area contributed by atoms with E-state index in [0.29, 0.717) is 0 Å². The second kappa shape index (κ2) is 9.03. The van der Waals surface area contributed by atoms with Crippen molar-refractivity contribution in [3.05, 3.63) is 26.9 Å². The largest absolute Gasteiger partial charge is 0.381 e. The van der Waals surface area contributed by atoms with Crippen molar-refractivity contribution < 1.29 is 4.74 Å². The van der Waals surface area contributed by atoms with Crippen molar-refractivity contribution in [1.29, 1.82) is 0 Å². The highest BCUT2D eigenvalue weighted by atomic mass is 79.9. The zero-order valence-corrected chi connectivity index (χ0v) is 13.2. The van der Waals surface area contributed by atoms with E-state index in [0.717, 1.165) is 53.8 Å². The first-order valence-electron chi connectivity index (χ1n) is 5.82. The SMILES string of the molecule is CCCOCCCNCc1ncc(Br)cc1Br. The number of hydrogen-bond acceptors (Lipinski definition) is 3. The first-order valence-corrected chi connectivity index (χ1v) is 7.41. The van der Waals surface area contributed by atoms with Gasteiger partial charge in [-0.15, -0.1) is 0 Å². The highest BCUT2D eigenvalue weighted by Crippen LogP contribution is 2.19. The molecule has 0 spiro atoms. The van der Waals surface area contributed by atoms with E-state index < -0.39 is 0 Å². The Kier molecular flexibility index (Phi) is 8.01. The fraction of sp³-hybridized carbons (Fsp3) is 0.583. The standard InChI is InChI=1S/C12H18Br2N2O/c1-2-5-17-6-3-4-15-9-12-11(14)7-10(13)8-16-12/h7-8,15H,2-6,9H2,1H3. The number of ether oxygens (including phenoxy) is 1. The van der Waals surface area contributed by atoms with Crippen LogP contribution in [0.25, 0.3) is 0 Å². The van der Waals surface area contributed by atoms with E-state index in [1.165, 1.54) is 0 Å². The van der Waals surface area contributed by atoms with Gasteiger partial charge in [-0.1, -0.05) is 6.92 Å². The Morgan fingerprint density at radius 3 is 2.88 bits per heavy atom. The van der Waals surface area contributed by atoms with Gasteiger partial charge in [-0.2, -0.15) is 0 Å². The Morgan fingerprint density at radius 1 is 1.35 bits per heavy atom. The van der Waals surface area contributed by atoms with E-state index in [2.05, 4.69) is 49.1 Å². The highest BCUT2D eigenvalue weighted by molar-refractivity contribution is 9.11. The maximum atomic E-state index is 5.40. The molecule has 0 aromatic carbocycles. The Balaban J connectivity index is 2.14. The van der Waals surface area contributed by atoms with Crippen LogP contribution in [0.3, 0.4) is 0 Å². The lowest BCUT2D eigenvalue weighted by molar-refractivity contribution is 0.132. The summed E-state index contributed by atoms with van der Waals surface area (Å²) in [4.78, 5) is 4.34. The minimum Gasteiger partial charge on any atom is -0.381 e. The van der Waals surface area contributed by atoms with Gasteiger partial charge in [-0.3, -0.25) is 4.98 Å². The van der Waals surface area contributed by atoms with E-state index >= 15 is 0 Å². The van der Waals surface area contributed by atoms with Gasteiger partial charge in [0.05, 0.1) is 5.69 Å². The summed E-state index contributed by atoms with van der Waals surface area (Å²) >= 11 is 6.88. The minimum atomic E-state index is 0.779. The van der Waals surface area contributed by atoms with Crippen LogP contribution in [0.4, 0.5) is 0 Å². The fourth-order valence-corrected chi connectivity index (χ4v) is 2.45. The molecule has 0 aliphatic heterocycles. The number of halogens is 2. The van der Waals surface area contributed by atoms with E-state index in [-0.39, 0.29) is 0 Å². The van der Waals surface area contributed by atoms with Crippen LogP contribution in [0.15, 0.2) is 21.2 Å². The molecule has 0 bridgehead atoms. The molecule has 1 rings (SSSR count).